The van der Waals surface area contributed by atoms with E-state index in [0.29, 0.717) is 12.8 Å². The first-order chi connectivity index (χ1) is 10.5. The van der Waals surface area contributed by atoms with Crippen molar-refractivity contribution >= 4 is 17.6 Å². The number of nitro groups is 1. The van der Waals surface area contributed by atoms with Crippen LogP contribution in [0.1, 0.15) is 44.0 Å². The van der Waals surface area contributed by atoms with Gasteiger partial charge in [0.15, 0.2) is 0 Å². The molecule has 1 aliphatic rings. The molecular weight excluding hydrogens is 288 g/mol. The Balaban J connectivity index is 0.00000116. The van der Waals surface area contributed by atoms with Crippen LogP contribution in [0.25, 0.3) is 0 Å². The van der Waals surface area contributed by atoms with Gasteiger partial charge >= 0.3 is 5.97 Å². The second-order valence-corrected chi connectivity index (χ2v) is 4.56. The zero-order valence-electron chi connectivity index (χ0n) is 12.9. The summed E-state index contributed by atoms with van der Waals surface area (Å²) in [6.07, 6.45) is 1.04. The van der Waals surface area contributed by atoms with Crippen molar-refractivity contribution in [2.75, 3.05) is 6.61 Å². The van der Waals surface area contributed by atoms with E-state index in [4.69, 9.17) is 4.74 Å². The smallest absolute Gasteiger partial charge is 0.331 e. The molecule has 0 radical (unpaired) electrons. The zero-order valence-corrected chi connectivity index (χ0v) is 12.9. The molecule has 0 atom stereocenters. The van der Waals surface area contributed by atoms with Crippen molar-refractivity contribution in [3.63, 3.8) is 0 Å². The fourth-order valence-corrected chi connectivity index (χ4v) is 1.82. The Kier molecular flexibility index (Phi) is 6.03. The van der Waals surface area contributed by atoms with E-state index in [1.165, 1.54) is 24.3 Å². The minimum absolute atomic E-state index is 0.148. The number of carbonyl (C=O) groups is 2. The van der Waals surface area contributed by atoms with Crippen molar-refractivity contribution in [1.29, 1.82) is 0 Å². The standard InChI is InChI=1S/C13H14N2O5.C2H6/c1-2-20-12(17)13(6-7-13)14-11(16)9-4-3-5-10(8-9)15(18)19;1-2/h3-5,8H,2,6-7H2,1H3,(H,14,16);1-2H3. The van der Waals surface area contributed by atoms with Crippen LogP contribution in [0, 0.1) is 10.1 Å². The highest BCUT2D eigenvalue weighted by atomic mass is 16.6. The van der Waals surface area contributed by atoms with E-state index in [1.807, 2.05) is 13.8 Å². The van der Waals surface area contributed by atoms with Crippen LogP contribution in [-0.2, 0) is 9.53 Å². The first kappa shape index (κ1) is 17.6. The lowest BCUT2D eigenvalue weighted by atomic mass is 10.1. The van der Waals surface area contributed by atoms with Crippen LogP contribution < -0.4 is 5.32 Å². The lowest BCUT2D eigenvalue weighted by molar-refractivity contribution is -0.384. The molecule has 1 aliphatic carbocycles. The van der Waals surface area contributed by atoms with Gasteiger partial charge in [-0.1, -0.05) is 19.9 Å². The van der Waals surface area contributed by atoms with Crippen LogP contribution in [0.2, 0.25) is 0 Å². The number of nitrogens with one attached hydrogen (secondary N) is 1. The monoisotopic (exact) mass is 308 g/mol. The maximum Gasteiger partial charge on any atom is 0.331 e. The third kappa shape index (κ3) is 4.03. The van der Waals surface area contributed by atoms with Crippen LogP contribution in [0.5, 0.6) is 0 Å². The molecule has 120 valence electrons. The third-order valence-electron chi connectivity index (χ3n) is 3.09. The highest BCUT2D eigenvalue weighted by Gasteiger charge is 2.52. The van der Waals surface area contributed by atoms with Gasteiger partial charge in [-0.05, 0) is 25.8 Å². The van der Waals surface area contributed by atoms with Crippen LogP contribution >= 0.6 is 0 Å². The highest BCUT2D eigenvalue weighted by Crippen LogP contribution is 2.37. The second-order valence-electron chi connectivity index (χ2n) is 4.56. The highest BCUT2D eigenvalue weighted by molar-refractivity contribution is 5.99. The number of hydrogen-bond acceptors (Lipinski definition) is 5. The van der Waals surface area contributed by atoms with Crippen molar-refractivity contribution < 1.29 is 19.2 Å². The van der Waals surface area contributed by atoms with Gasteiger partial charge in [-0.3, -0.25) is 14.9 Å². The van der Waals surface area contributed by atoms with Gasteiger partial charge in [-0.15, -0.1) is 0 Å². The Morgan fingerprint density at radius 3 is 2.50 bits per heavy atom. The zero-order chi connectivity index (χ0) is 16.8. The normalized spacial score (nSPS) is 14.1. The summed E-state index contributed by atoms with van der Waals surface area (Å²) in [6, 6.07) is 5.37. The first-order valence-electron chi connectivity index (χ1n) is 7.23. The van der Waals surface area contributed by atoms with Crippen molar-refractivity contribution in [3.8, 4) is 0 Å². The van der Waals surface area contributed by atoms with Gasteiger partial charge < -0.3 is 10.1 Å². The molecule has 7 heteroatoms. The fourth-order valence-electron chi connectivity index (χ4n) is 1.82. The average Bonchev–Trinajstić information content (AvgIpc) is 3.30. The van der Waals surface area contributed by atoms with Gasteiger partial charge in [-0.2, -0.15) is 0 Å². The Labute approximate surface area is 128 Å². The van der Waals surface area contributed by atoms with Crippen LogP contribution in [0.15, 0.2) is 24.3 Å². The van der Waals surface area contributed by atoms with E-state index >= 15 is 0 Å². The molecule has 1 fully saturated rings. The van der Waals surface area contributed by atoms with Crippen molar-refractivity contribution in [3.05, 3.63) is 39.9 Å². The first-order valence-corrected chi connectivity index (χ1v) is 7.23. The van der Waals surface area contributed by atoms with Gasteiger partial charge in [0.05, 0.1) is 11.5 Å². The van der Waals surface area contributed by atoms with Crippen molar-refractivity contribution in [1.82, 2.24) is 5.32 Å². The summed E-state index contributed by atoms with van der Waals surface area (Å²) in [4.78, 5) is 33.9. The Morgan fingerprint density at radius 1 is 1.36 bits per heavy atom. The molecule has 0 spiro atoms. The molecule has 1 aromatic carbocycles. The number of nitrogens with zero attached hydrogens (tertiary/aromatic N) is 1. The van der Waals surface area contributed by atoms with E-state index in [0.717, 1.165) is 0 Å². The number of benzene rings is 1. The van der Waals surface area contributed by atoms with Crippen molar-refractivity contribution in [2.45, 2.75) is 39.2 Å². The van der Waals surface area contributed by atoms with Crippen LogP contribution in [0.4, 0.5) is 5.69 Å². The average molecular weight is 308 g/mol. The quantitative estimate of drug-likeness (QED) is 0.512. The summed E-state index contributed by atoms with van der Waals surface area (Å²) in [6.45, 7) is 5.93. The summed E-state index contributed by atoms with van der Waals surface area (Å²) in [7, 11) is 0. The maximum atomic E-state index is 12.0. The maximum absolute atomic E-state index is 12.0. The molecule has 7 nitrogen and oxygen atoms in total. The number of non-ortho nitro benzene ring substituents is 1. The lowest BCUT2D eigenvalue weighted by Gasteiger charge is -2.15. The molecule has 1 saturated carbocycles. The minimum atomic E-state index is -0.961. The lowest BCUT2D eigenvalue weighted by Crippen LogP contribution is -2.44. The number of esters is 1. The molecule has 0 aromatic heterocycles. The Morgan fingerprint density at radius 2 is 2.00 bits per heavy atom. The summed E-state index contributed by atoms with van der Waals surface area (Å²) in [5.41, 5.74) is -0.981. The number of hydrogen-bond donors (Lipinski definition) is 1. The second kappa shape index (κ2) is 7.53. The SMILES string of the molecule is CC.CCOC(=O)C1(NC(=O)c2cccc([N+](=O)[O-])c2)CC1. The number of amides is 1. The van der Waals surface area contributed by atoms with Gasteiger partial charge in [0.1, 0.15) is 5.54 Å². The Hall–Kier alpha value is -2.44. The predicted octanol–water partition coefficient (Wildman–Crippen LogP) is 2.45. The van der Waals surface area contributed by atoms with E-state index in [9.17, 15) is 19.7 Å². The Bertz CT molecular complexity index is 567. The molecule has 0 unspecified atom stereocenters. The molecule has 0 saturated heterocycles. The molecular formula is C15H20N2O5. The topological polar surface area (TPSA) is 98.5 Å². The number of rotatable bonds is 5. The van der Waals surface area contributed by atoms with E-state index in [-0.39, 0.29) is 17.9 Å². The summed E-state index contributed by atoms with van der Waals surface area (Å²) >= 11 is 0. The number of nitro benzene ring substituents is 1. The summed E-state index contributed by atoms with van der Waals surface area (Å²) in [5, 5.41) is 13.3. The van der Waals surface area contributed by atoms with Crippen molar-refractivity contribution in [2.24, 2.45) is 0 Å². The largest absolute Gasteiger partial charge is 0.464 e. The summed E-state index contributed by atoms with van der Waals surface area (Å²) in [5.74, 6) is -0.974. The predicted molar refractivity (Wildman–Crippen MR) is 80.5 cm³/mol. The minimum Gasteiger partial charge on any atom is -0.464 e. The van der Waals surface area contributed by atoms with E-state index in [1.54, 1.807) is 6.92 Å². The van der Waals surface area contributed by atoms with Gasteiger partial charge in [0.25, 0.3) is 11.6 Å². The number of ether oxygens (including phenoxy) is 1. The van der Waals surface area contributed by atoms with E-state index < -0.39 is 22.3 Å². The van der Waals surface area contributed by atoms with Gasteiger partial charge in [0.2, 0.25) is 0 Å². The van der Waals surface area contributed by atoms with Crippen LogP contribution in [0.3, 0.4) is 0 Å². The fraction of sp³-hybridized carbons (Fsp3) is 0.467. The summed E-state index contributed by atoms with van der Waals surface area (Å²) < 4.78 is 4.91. The van der Waals surface area contributed by atoms with Gasteiger partial charge in [0, 0.05) is 17.7 Å². The van der Waals surface area contributed by atoms with Crippen LogP contribution in [-0.4, -0.2) is 28.9 Å². The molecule has 0 heterocycles. The van der Waals surface area contributed by atoms with E-state index in [2.05, 4.69) is 5.32 Å². The molecule has 1 amide bonds. The molecule has 2 rings (SSSR count). The number of carbonyl (C=O) groups excluding carboxylic acids is 2. The molecule has 1 aromatic rings. The molecule has 0 bridgehead atoms. The third-order valence-corrected chi connectivity index (χ3v) is 3.09. The molecule has 22 heavy (non-hydrogen) atoms. The molecule has 1 N–H and O–H groups in total. The molecule has 0 aliphatic heterocycles. The van der Waals surface area contributed by atoms with Gasteiger partial charge in [-0.25, -0.2) is 4.79 Å².